The second kappa shape index (κ2) is 7.77. The Balaban J connectivity index is 1.80. The van der Waals surface area contributed by atoms with Gasteiger partial charge in [-0.1, -0.05) is 24.1 Å². The van der Waals surface area contributed by atoms with E-state index in [1.54, 1.807) is 30.5 Å². The molecule has 0 spiro atoms. The van der Waals surface area contributed by atoms with Crippen molar-refractivity contribution in [3.8, 4) is 11.6 Å². The summed E-state index contributed by atoms with van der Waals surface area (Å²) in [5, 5.41) is 13.0. The molecule has 5 nitrogen and oxygen atoms in total. The van der Waals surface area contributed by atoms with Gasteiger partial charge in [-0.25, -0.2) is 9.37 Å². The molecular weight excluding hydrogens is 309 g/mol. The molecule has 3 rings (SSSR count). The van der Waals surface area contributed by atoms with E-state index in [2.05, 4.69) is 15.0 Å². The fourth-order valence-electron chi connectivity index (χ4n) is 2.84. The van der Waals surface area contributed by atoms with Gasteiger partial charge in [-0.3, -0.25) is 0 Å². The Morgan fingerprint density at radius 1 is 1.12 bits per heavy atom. The number of aromatic nitrogens is 1. The summed E-state index contributed by atoms with van der Waals surface area (Å²) < 4.78 is 18.9. The van der Waals surface area contributed by atoms with Gasteiger partial charge in [0.25, 0.3) is 0 Å². The first-order chi connectivity index (χ1) is 11.8. The van der Waals surface area contributed by atoms with E-state index in [1.807, 2.05) is 0 Å². The van der Waals surface area contributed by atoms with Crippen LogP contribution in [0.5, 0.6) is 11.6 Å². The molecule has 24 heavy (non-hydrogen) atoms. The maximum absolute atomic E-state index is 13.3. The number of hydrogen-bond donors (Lipinski definition) is 1. The zero-order valence-corrected chi connectivity index (χ0v) is 13.4. The summed E-state index contributed by atoms with van der Waals surface area (Å²) in [4.78, 5) is 6.22. The summed E-state index contributed by atoms with van der Waals surface area (Å²) in [6.45, 7) is 1.73. The highest BCUT2D eigenvalue weighted by molar-refractivity contribution is 5.98. The number of oxime groups is 1. The summed E-state index contributed by atoms with van der Waals surface area (Å²) in [7, 11) is 0. The summed E-state index contributed by atoms with van der Waals surface area (Å²) in [6, 6.07) is 9.36. The second-order valence-corrected chi connectivity index (χ2v) is 5.77. The van der Waals surface area contributed by atoms with Crippen LogP contribution in [0.4, 0.5) is 4.39 Å². The van der Waals surface area contributed by atoms with E-state index in [0.717, 1.165) is 31.5 Å². The molecule has 0 amide bonds. The number of amidine groups is 1. The highest BCUT2D eigenvalue weighted by Gasteiger charge is 2.17. The van der Waals surface area contributed by atoms with Crippen molar-refractivity contribution in [3.63, 3.8) is 0 Å². The normalized spacial score (nSPS) is 15.9. The minimum Gasteiger partial charge on any atom is -0.439 e. The van der Waals surface area contributed by atoms with Gasteiger partial charge in [-0.15, -0.1) is 0 Å². The highest BCUT2D eigenvalue weighted by Crippen LogP contribution is 2.22. The van der Waals surface area contributed by atoms with Gasteiger partial charge in [-0.05, 0) is 31.0 Å². The number of likely N-dealkylation sites (tertiary alicyclic amines) is 1. The van der Waals surface area contributed by atoms with Gasteiger partial charge in [0.2, 0.25) is 5.88 Å². The number of nitrogens with zero attached hydrogens (tertiary/aromatic N) is 3. The lowest BCUT2D eigenvalue weighted by atomic mass is 10.2. The van der Waals surface area contributed by atoms with Crippen LogP contribution in [-0.4, -0.2) is 34.0 Å². The number of rotatable bonds is 3. The lowest BCUT2D eigenvalue weighted by molar-refractivity contribution is 0.301. The van der Waals surface area contributed by atoms with Crippen LogP contribution in [0, 0.1) is 5.82 Å². The van der Waals surface area contributed by atoms with E-state index in [-0.39, 0.29) is 5.82 Å². The first kappa shape index (κ1) is 16.2. The van der Waals surface area contributed by atoms with E-state index in [0.29, 0.717) is 17.5 Å². The molecule has 1 fully saturated rings. The molecule has 1 saturated heterocycles. The van der Waals surface area contributed by atoms with Crippen molar-refractivity contribution >= 4 is 5.84 Å². The van der Waals surface area contributed by atoms with Crippen LogP contribution in [0.15, 0.2) is 47.8 Å². The predicted octanol–water partition coefficient (Wildman–Crippen LogP) is 4.02. The van der Waals surface area contributed by atoms with Crippen LogP contribution < -0.4 is 4.74 Å². The molecule has 2 aromatic rings. The van der Waals surface area contributed by atoms with Gasteiger partial charge in [0.1, 0.15) is 11.6 Å². The minimum absolute atomic E-state index is 0.328. The molecule has 126 valence electrons. The Kier molecular flexibility index (Phi) is 5.25. The van der Waals surface area contributed by atoms with Gasteiger partial charge < -0.3 is 14.8 Å². The number of halogens is 1. The monoisotopic (exact) mass is 329 g/mol. The van der Waals surface area contributed by atoms with Crippen molar-refractivity contribution in [2.24, 2.45) is 5.16 Å². The SMILES string of the molecule is O/N=C(/c1ccnc(Oc2cccc(F)c2)c1)N1CCCCCC1. The average molecular weight is 329 g/mol. The molecule has 0 atom stereocenters. The summed E-state index contributed by atoms with van der Waals surface area (Å²) in [5.41, 5.74) is 0.723. The predicted molar refractivity (Wildman–Crippen MR) is 89.1 cm³/mol. The number of pyridine rings is 1. The zero-order chi connectivity index (χ0) is 16.8. The molecule has 1 aromatic heterocycles. The van der Waals surface area contributed by atoms with Gasteiger partial charge in [0, 0.05) is 37.0 Å². The van der Waals surface area contributed by atoms with Crippen molar-refractivity contribution in [2.75, 3.05) is 13.1 Å². The Labute approximate surface area is 140 Å². The molecule has 0 radical (unpaired) electrons. The topological polar surface area (TPSA) is 58.0 Å². The van der Waals surface area contributed by atoms with Crippen LogP contribution in [0.3, 0.4) is 0 Å². The fraction of sp³-hybridized carbons (Fsp3) is 0.333. The molecule has 0 saturated carbocycles. The molecule has 0 bridgehead atoms. The molecule has 1 aliphatic rings. The Morgan fingerprint density at radius 2 is 1.92 bits per heavy atom. The van der Waals surface area contributed by atoms with E-state index < -0.39 is 0 Å². The van der Waals surface area contributed by atoms with E-state index >= 15 is 0 Å². The number of hydrogen-bond acceptors (Lipinski definition) is 4. The van der Waals surface area contributed by atoms with Crippen LogP contribution >= 0.6 is 0 Å². The second-order valence-electron chi connectivity index (χ2n) is 5.77. The number of ether oxygens (including phenoxy) is 1. The lowest BCUT2D eigenvalue weighted by Gasteiger charge is -2.23. The number of benzene rings is 1. The van der Waals surface area contributed by atoms with Crippen molar-refractivity contribution in [3.05, 3.63) is 54.0 Å². The molecule has 0 aliphatic carbocycles. The summed E-state index contributed by atoms with van der Waals surface area (Å²) in [6.07, 6.45) is 6.14. The van der Waals surface area contributed by atoms with Crippen molar-refractivity contribution < 1.29 is 14.3 Å². The summed E-state index contributed by atoms with van der Waals surface area (Å²) >= 11 is 0. The van der Waals surface area contributed by atoms with Gasteiger partial charge in [0.05, 0.1) is 0 Å². The van der Waals surface area contributed by atoms with E-state index in [4.69, 9.17) is 4.74 Å². The van der Waals surface area contributed by atoms with Gasteiger partial charge >= 0.3 is 0 Å². The minimum atomic E-state index is -0.370. The average Bonchev–Trinajstić information content (AvgIpc) is 2.85. The first-order valence-electron chi connectivity index (χ1n) is 8.13. The van der Waals surface area contributed by atoms with Gasteiger partial charge in [0.15, 0.2) is 5.84 Å². The van der Waals surface area contributed by atoms with Crippen LogP contribution in [0.2, 0.25) is 0 Å². The third-order valence-corrected chi connectivity index (χ3v) is 4.01. The highest BCUT2D eigenvalue weighted by atomic mass is 19.1. The molecular formula is C18H20FN3O2. The largest absolute Gasteiger partial charge is 0.439 e. The third kappa shape index (κ3) is 4.01. The van der Waals surface area contributed by atoms with Crippen LogP contribution in [0.1, 0.15) is 31.2 Å². The Hall–Kier alpha value is -2.63. The first-order valence-corrected chi connectivity index (χ1v) is 8.13. The van der Waals surface area contributed by atoms with Gasteiger partial charge in [-0.2, -0.15) is 0 Å². The Morgan fingerprint density at radius 3 is 2.62 bits per heavy atom. The third-order valence-electron chi connectivity index (χ3n) is 4.01. The van der Waals surface area contributed by atoms with Crippen LogP contribution in [0.25, 0.3) is 0 Å². The fourth-order valence-corrected chi connectivity index (χ4v) is 2.84. The molecule has 1 aromatic carbocycles. The maximum atomic E-state index is 13.3. The van der Waals surface area contributed by atoms with E-state index in [1.165, 1.54) is 25.0 Å². The lowest BCUT2D eigenvalue weighted by Crippen LogP contribution is -2.32. The van der Waals surface area contributed by atoms with Crippen molar-refractivity contribution in [1.82, 2.24) is 9.88 Å². The molecule has 1 N–H and O–H groups in total. The maximum Gasteiger partial charge on any atom is 0.219 e. The van der Waals surface area contributed by atoms with E-state index in [9.17, 15) is 9.60 Å². The zero-order valence-electron chi connectivity index (χ0n) is 13.4. The smallest absolute Gasteiger partial charge is 0.219 e. The molecule has 2 heterocycles. The Bertz CT molecular complexity index is 713. The standard InChI is InChI=1S/C18H20FN3O2/c19-15-6-5-7-16(13-15)24-17-12-14(8-9-20-17)18(21-23)22-10-3-1-2-4-11-22/h5-9,12-13,23H,1-4,10-11H2/b21-18-. The molecule has 1 aliphatic heterocycles. The quantitative estimate of drug-likeness (QED) is 0.400. The molecule has 6 heteroatoms. The van der Waals surface area contributed by atoms with Crippen molar-refractivity contribution in [1.29, 1.82) is 0 Å². The summed E-state index contributed by atoms with van der Waals surface area (Å²) in [5.74, 6) is 0.847. The molecule has 0 unspecified atom stereocenters. The van der Waals surface area contributed by atoms with Crippen molar-refractivity contribution in [2.45, 2.75) is 25.7 Å². The van der Waals surface area contributed by atoms with Crippen LogP contribution in [-0.2, 0) is 0 Å².